The van der Waals surface area contributed by atoms with E-state index >= 15 is 0 Å². The summed E-state index contributed by atoms with van der Waals surface area (Å²) in [6, 6.07) is 1.46. The Kier molecular flexibility index (Phi) is 6.33. The van der Waals surface area contributed by atoms with Gasteiger partial charge in [0.05, 0.1) is 24.4 Å². The van der Waals surface area contributed by atoms with Crippen LogP contribution in [0, 0.1) is 0 Å². The first-order valence-electron chi connectivity index (χ1n) is 11.2. The lowest BCUT2D eigenvalue weighted by Crippen LogP contribution is -2.42. The SMILES string of the molecule is Cn1cncc1C(=O)NNC(=O)c1cnn2c(C3CCN(C(=O)OC(C)(C)C)CC3)cc(=O)[nH]c12. The molecule has 4 rings (SSSR count). The quantitative estimate of drug-likeness (QED) is 0.467. The largest absolute Gasteiger partial charge is 0.444 e. The van der Waals surface area contributed by atoms with Crippen molar-refractivity contribution in [2.45, 2.75) is 45.1 Å². The number of nitrogens with zero attached hydrogens (tertiary/aromatic N) is 5. The number of aromatic nitrogens is 5. The van der Waals surface area contributed by atoms with Crippen molar-refractivity contribution in [2.75, 3.05) is 13.1 Å². The van der Waals surface area contributed by atoms with Crippen molar-refractivity contribution in [1.29, 1.82) is 0 Å². The molecule has 0 aromatic carbocycles. The smallest absolute Gasteiger partial charge is 0.410 e. The fourth-order valence-corrected chi connectivity index (χ4v) is 3.97. The lowest BCUT2D eigenvalue weighted by Gasteiger charge is -2.33. The molecule has 0 spiro atoms. The number of rotatable bonds is 3. The number of H-pyrrole nitrogens is 1. The first kappa shape index (κ1) is 24.0. The number of fused-ring (bicyclic) bond motifs is 1. The molecule has 1 fully saturated rings. The normalized spacial score (nSPS) is 14.7. The highest BCUT2D eigenvalue weighted by Crippen LogP contribution is 2.28. The Morgan fingerprint density at radius 2 is 1.80 bits per heavy atom. The van der Waals surface area contributed by atoms with E-state index in [1.54, 1.807) is 11.9 Å². The number of imidazole rings is 1. The van der Waals surface area contributed by atoms with Gasteiger partial charge in [0, 0.05) is 32.1 Å². The van der Waals surface area contributed by atoms with Crippen LogP contribution >= 0.6 is 0 Å². The van der Waals surface area contributed by atoms with Crippen LogP contribution in [0.15, 0.2) is 29.6 Å². The Bertz CT molecular complexity index is 1320. The zero-order valence-electron chi connectivity index (χ0n) is 20.0. The third-order valence-corrected chi connectivity index (χ3v) is 5.68. The predicted molar refractivity (Wildman–Crippen MR) is 124 cm³/mol. The van der Waals surface area contributed by atoms with Crippen molar-refractivity contribution in [3.05, 3.63) is 52.1 Å². The molecule has 0 radical (unpaired) electrons. The number of likely N-dealkylation sites (tertiary alicyclic amines) is 1. The monoisotopic (exact) mass is 484 g/mol. The van der Waals surface area contributed by atoms with Gasteiger partial charge >= 0.3 is 6.09 Å². The Morgan fingerprint density at radius 3 is 2.43 bits per heavy atom. The summed E-state index contributed by atoms with van der Waals surface area (Å²) in [4.78, 5) is 57.9. The lowest BCUT2D eigenvalue weighted by atomic mass is 9.93. The van der Waals surface area contributed by atoms with E-state index in [2.05, 4.69) is 25.9 Å². The molecule has 3 amide bonds. The number of piperidine rings is 1. The maximum atomic E-state index is 12.7. The Hall–Kier alpha value is -4.16. The Labute approximate surface area is 200 Å². The van der Waals surface area contributed by atoms with E-state index in [9.17, 15) is 19.2 Å². The molecule has 3 aromatic rings. The van der Waals surface area contributed by atoms with Crippen molar-refractivity contribution in [1.82, 2.24) is 39.9 Å². The van der Waals surface area contributed by atoms with E-state index in [-0.39, 0.29) is 34.5 Å². The standard InChI is InChI=1S/C22H28N8O5/c1-22(2,3)35-21(34)29-7-5-13(6-8-29)15-9-17(31)25-18-14(10-24-30(15)18)19(32)26-27-20(33)16-11-23-12-28(16)4/h9-13H,5-8H2,1-4H3,(H,25,31)(H,26,32)(H,27,33). The number of hydrazine groups is 1. The summed E-state index contributed by atoms with van der Waals surface area (Å²) in [6.07, 6.45) is 5.02. The average Bonchev–Trinajstić information content (AvgIpc) is 3.42. The van der Waals surface area contributed by atoms with Gasteiger partial charge in [-0.05, 0) is 33.6 Å². The summed E-state index contributed by atoms with van der Waals surface area (Å²) in [5, 5.41) is 4.30. The highest BCUT2D eigenvalue weighted by Gasteiger charge is 2.29. The lowest BCUT2D eigenvalue weighted by molar-refractivity contribution is 0.0203. The van der Waals surface area contributed by atoms with E-state index in [1.165, 1.54) is 33.9 Å². The summed E-state index contributed by atoms with van der Waals surface area (Å²) in [6.45, 7) is 6.41. The number of aryl methyl sites for hydroxylation is 1. The van der Waals surface area contributed by atoms with E-state index < -0.39 is 17.4 Å². The second-order valence-corrected chi connectivity index (χ2v) is 9.42. The van der Waals surface area contributed by atoms with Crippen LogP contribution in [0.1, 0.15) is 66.1 Å². The molecule has 0 saturated carbocycles. The first-order chi connectivity index (χ1) is 16.5. The van der Waals surface area contributed by atoms with Crippen molar-refractivity contribution < 1.29 is 19.1 Å². The highest BCUT2D eigenvalue weighted by molar-refractivity contribution is 6.01. The number of ether oxygens (including phenoxy) is 1. The minimum atomic E-state index is -0.636. The molecule has 1 saturated heterocycles. The third-order valence-electron chi connectivity index (χ3n) is 5.68. The Balaban J connectivity index is 1.48. The summed E-state index contributed by atoms with van der Waals surface area (Å²) in [7, 11) is 1.65. The number of hydrogen-bond donors (Lipinski definition) is 3. The molecule has 3 aromatic heterocycles. The van der Waals surface area contributed by atoms with Crippen LogP contribution in [0.25, 0.3) is 5.65 Å². The molecule has 186 valence electrons. The molecular formula is C22H28N8O5. The molecule has 3 N–H and O–H groups in total. The van der Waals surface area contributed by atoms with Crippen LogP contribution in [0.5, 0.6) is 0 Å². The molecule has 0 unspecified atom stereocenters. The van der Waals surface area contributed by atoms with Crippen LogP contribution in [0.2, 0.25) is 0 Å². The van der Waals surface area contributed by atoms with Crippen LogP contribution in [0.3, 0.4) is 0 Å². The summed E-state index contributed by atoms with van der Waals surface area (Å²) < 4.78 is 8.47. The van der Waals surface area contributed by atoms with Gasteiger partial charge in [-0.3, -0.25) is 25.2 Å². The molecule has 1 aliphatic heterocycles. The summed E-state index contributed by atoms with van der Waals surface area (Å²) in [5.41, 5.74) is 4.93. The van der Waals surface area contributed by atoms with Crippen molar-refractivity contribution in [3.63, 3.8) is 0 Å². The van der Waals surface area contributed by atoms with Crippen LogP contribution in [-0.2, 0) is 11.8 Å². The predicted octanol–water partition coefficient (Wildman–Crippen LogP) is 0.945. The summed E-state index contributed by atoms with van der Waals surface area (Å²) >= 11 is 0. The molecule has 1 aliphatic rings. The minimum Gasteiger partial charge on any atom is -0.444 e. The van der Waals surface area contributed by atoms with Gasteiger partial charge in [0.25, 0.3) is 17.4 Å². The molecule has 13 heteroatoms. The summed E-state index contributed by atoms with van der Waals surface area (Å²) in [5.74, 6) is -1.22. The van der Waals surface area contributed by atoms with Gasteiger partial charge in [0.15, 0.2) is 0 Å². The first-order valence-corrected chi connectivity index (χ1v) is 11.2. The van der Waals surface area contributed by atoms with Gasteiger partial charge in [-0.25, -0.2) is 14.3 Å². The van der Waals surface area contributed by atoms with Crippen LogP contribution < -0.4 is 16.4 Å². The number of hydrogen-bond acceptors (Lipinski definition) is 7. The second kappa shape index (κ2) is 9.24. The molecular weight excluding hydrogens is 456 g/mol. The third kappa shape index (κ3) is 5.18. The molecule has 35 heavy (non-hydrogen) atoms. The fraction of sp³-hybridized carbons (Fsp3) is 0.455. The van der Waals surface area contributed by atoms with E-state index in [0.29, 0.717) is 31.6 Å². The van der Waals surface area contributed by atoms with E-state index in [1.807, 2.05) is 20.8 Å². The van der Waals surface area contributed by atoms with Gasteiger partial charge in [-0.2, -0.15) is 5.10 Å². The van der Waals surface area contributed by atoms with Gasteiger partial charge in [-0.15, -0.1) is 0 Å². The molecule has 13 nitrogen and oxygen atoms in total. The average molecular weight is 485 g/mol. The van der Waals surface area contributed by atoms with E-state index in [4.69, 9.17) is 4.74 Å². The molecule has 4 heterocycles. The molecule has 0 bridgehead atoms. The van der Waals surface area contributed by atoms with Crippen molar-refractivity contribution in [3.8, 4) is 0 Å². The van der Waals surface area contributed by atoms with Gasteiger partial charge in [-0.1, -0.05) is 0 Å². The van der Waals surface area contributed by atoms with Gasteiger partial charge in [0.1, 0.15) is 22.5 Å². The van der Waals surface area contributed by atoms with Gasteiger partial charge < -0.3 is 19.2 Å². The van der Waals surface area contributed by atoms with Gasteiger partial charge in [0.2, 0.25) is 0 Å². The maximum absolute atomic E-state index is 12.7. The van der Waals surface area contributed by atoms with Crippen LogP contribution in [-0.4, -0.2) is 65.6 Å². The van der Waals surface area contributed by atoms with Crippen molar-refractivity contribution >= 4 is 23.6 Å². The van der Waals surface area contributed by atoms with Crippen LogP contribution in [0.4, 0.5) is 4.79 Å². The minimum absolute atomic E-state index is 0.0427. The fourth-order valence-electron chi connectivity index (χ4n) is 3.97. The number of carbonyl (C=O) groups is 3. The molecule has 0 aliphatic carbocycles. The Morgan fingerprint density at radius 1 is 1.11 bits per heavy atom. The number of aromatic amines is 1. The molecule has 0 atom stereocenters. The zero-order valence-corrected chi connectivity index (χ0v) is 20.0. The maximum Gasteiger partial charge on any atom is 0.410 e. The zero-order chi connectivity index (χ0) is 25.3. The number of amides is 3. The van der Waals surface area contributed by atoms with Crippen molar-refractivity contribution in [2.24, 2.45) is 7.05 Å². The highest BCUT2D eigenvalue weighted by atomic mass is 16.6. The number of carbonyl (C=O) groups excluding carboxylic acids is 3. The number of nitrogens with one attached hydrogen (secondary N) is 3. The second-order valence-electron chi connectivity index (χ2n) is 9.42. The van der Waals surface area contributed by atoms with E-state index in [0.717, 1.165) is 0 Å². The topological polar surface area (TPSA) is 156 Å².